The van der Waals surface area contributed by atoms with E-state index in [0.29, 0.717) is 11.4 Å². The molecule has 0 radical (unpaired) electrons. The van der Waals surface area contributed by atoms with Crippen molar-refractivity contribution < 1.29 is 12.3 Å². The predicted molar refractivity (Wildman–Crippen MR) is 54.7 cm³/mol. The highest BCUT2D eigenvalue weighted by Gasteiger charge is 2.12. The molecule has 0 amide bonds. The average molecular weight is 241 g/mol. The fraction of sp³-hybridized carbons (Fsp3) is 0.111. The molecular weight excluding hydrogens is 233 g/mol. The van der Waals surface area contributed by atoms with Crippen LogP contribution in [0.4, 0.5) is 3.89 Å². The van der Waals surface area contributed by atoms with E-state index >= 15 is 0 Å². The third kappa shape index (κ3) is 2.08. The maximum Gasteiger partial charge on any atom is 0.332 e. The number of rotatable bonds is 2. The molecule has 0 unspecified atom stereocenters. The fourth-order valence-corrected chi connectivity index (χ4v) is 1.70. The quantitative estimate of drug-likeness (QED) is 0.739. The Labute approximate surface area is 91.8 Å². The van der Waals surface area contributed by atoms with Crippen LogP contribution < -0.4 is 0 Å². The van der Waals surface area contributed by atoms with Gasteiger partial charge in [0, 0.05) is 12.6 Å². The minimum absolute atomic E-state index is 0.368. The van der Waals surface area contributed by atoms with Crippen molar-refractivity contribution in [2.75, 3.05) is 0 Å². The Hall–Kier alpha value is -1.76. The van der Waals surface area contributed by atoms with Crippen LogP contribution in [0.3, 0.4) is 0 Å². The largest absolute Gasteiger partial charge is 0.332 e. The van der Waals surface area contributed by atoms with Gasteiger partial charge in [-0.2, -0.15) is 13.5 Å². The summed E-state index contributed by atoms with van der Waals surface area (Å²) in [6.07, 6.45) is 1.52. The number of halogens is 1. The lowest BCUT2D eigenvalue weighted by Gasteiger charge is -1.97. The van der Waals surface area contributed by atoms with E-state index in [-0.39, 0.29) is 4.90 Å². The average Bonchev–Trinajstić information content (AvgIpc) is 2.64. The monoisotopic (exact) mass is 241 g/mol. The molecule has 7 heteroatoms. The van der Waals surface area contributed by atoms with Gasteiger partial charge in [0.05, 0.1) is 4.90 Å². The van der Waals surface area contributed by atoms with Gasteiger partial charge in [-0.3, -0.25) is 4.68 Å². The van der Waals surface area contributed by atoms with Crippen LogP contribution in [-0.2, 0) is 17.3 Å². The number of aryl methyl sites for hydroxylation is 1. The van der Waals surface area contributed by atoms with E-state index in [1.165, 1.54) is 35.3 Å². The Balaban J connectivity index is 2.40. The van der Waals surface area contributed by atoms with Crippen LogP contribution in [0.25, 0.3) is 11.4 Å². The highest BCUT2D eigenvalue weighted by atomic mass is 32.3. The van der Waals surface area contributed by atoms with Crippen LogP contribution in [0, 0.1) is 0 Å². The number of hydrogen-bond acceptors (Lipinski definition) is 4. The minimum Gasteiger partial charge on any atom is -0.255 e. The maximum atomic E-state index is 12.6. The molecular formula is C9H8FN3O2S. The summed E-state index contributed by atoms with van der Waals surface area (Å²) in [7, 11) is -2.92. The first kappa shape index (κ1) is 10.7. The molecule has 1 heterocycles. The molecule has 0 spiro atoms. The molecule has 0 saturated carbocycles. The van der Waals surface area contributed by atoms with Crippen molar-refractivity contribution in [3.8, 4) is 11.4 Å². The van der Waals surface area contributed by atoms with Crippen molar-refractivity contribution in [3.05, 3.63) is 30.6 Å². The third-order valence-electron chi connectivity index (χ3n) is 1.99. The number of nitrogens with zero attached hydrogens (tertiary/aromatic N) is 3. The van der Waals surface area contributed by atoms with Gasteiger partial charge >= 0.3 is 10.2 Å². The molecule has 2 aromatic rings. The first-order chi connectivity index (χ1) is 7.47. The predicted octanol–water partition coefficient (Wildman–Crippen LogP) is 1.14. The van der Waals surface area contributed by atoms with E-state index in [2.05, 4.69) is 10.1 Å². The van der Waals surface area contributed by atoms with Gasteiger partial charge in [0.1, 0.15) is 6.33 Å². The molecule has 0 aliphatic carbocycles. The molecule has 0 saturated heterocycles. The summed E-state index contributed by atoms with van der Waals surface area (Å²) >= 11 is 0. The van der Waals surface area contributed by atoms with Gasteiger partial charge in [-0.15, -0.1) is 3.89 Å². The van der Waals surface area contributed by atoms with Gasteiger partial charge in [0.15, 0.2) is 5.82 Å². The molecule has 0 bridgehead atoms. The highest BCUT2D eigenvalue weighted by molar-refractivity contribution is 7.86. The summed E-state index contributed by atoms with van der Waals surface area (Å²) in [4.78, 5) is 3.62. The van der Waals surface area contributed by atoms with Crippen molar-refractivity contribution in [1.82, 2.24) is 14.8 Å². The SMILES string of the molecule is Cn1cnc(-c2ccc(S(=O)(=O)F)cc2)n1. The van der Waals surface area contributed by atoms with Gasteiger partial charge in [-0.1, -0.05) is 0 Å². The zero-order chi connectivity index (χ0) is 11.8. The zero-order valence-corrected chi connectivity index (χ0v) is 9.15. The van der Waals surface area contributed by atoms with Gasteiger partial charge < -0.3 is 0 Å². The zero-order valence-electron chi connectivity index (χ0n) is 8.33. The summed E-state index contributed by atoms with van der Waals surface area (Å²) in [5, 5.41) is 4.04. The van der Waals surface area contributed by atoms with Gasteiger partial charge in [-0.25, -0.2) is 4.98 Å². The Morgan fingerprint density at radius 3 is 2.31 bits per heavy atom. The van der Waals surface area contributed by atoms with E-state index in [9.17, 15) is 12.3 Å². The minimum atomic E-state index is -4.64. The third-order valence-corrected chi connectivity index (χ3v) is 2.83. The molecule has 0 N–H and O–H groups in total. The smallest absolute Gasteiger partial charge is 0.255 e. The summed E-state index contributed by atoms with van der Waals surface area (Å²) in [6, 6.07) is 5.28. The topological polar surface area (TPSA) is 64.8 Å². The van der Waals surface area contributed by atoms with E-state index in [4.69, 9.17) is 0 Å². The van der Waals surface area contributed by atoms with Crippen molar-refractivity contribution in [2.45, 2.75) is 4.90 Å². The molecule has 1 aromatic carbocycles. The first-order valence-electron chi connectivity index (χ1n) is 4.37. The van der Waals surface area contributed by atoms with Crippen LogP contribution in [0.2, 0.25) is 0 Å². The van der Waals surface area contributed by atoms with E-state index < -0.39 is 10.2 Å². The summed E-state index contributed by atoms with van der Waals surface area (Å²) in [6.45, 7) is 0. The Morgan fingerprint density at radius 1 is 1.25 bits per heavy atom. The summed E-state index contributed by atoms with van der Waals surface area (Å²) < 4.78 is 35.3. The van der Waals surface area contributed by atoms with E-state index in [0.717, 1.165) is 0 Å². The second-order valence-corrected chi connectivity index (χ2v) is 4.55. The molecule has 1 aromatic heterocycles. The van der Waals surface area contributed by atoms with Crippen molar-refractivity contribution >= 4 is 10.2 Å². The second kappa shape index (κ2) is 3.67. The van der Waals surface area contributed by atoms with Gasteiger partial charge in [-0.05, 0) is 24.3 Å². The fourth-order valence-electron chi connectivity index (χ4n) is 1.24. The Kier molecular flexibility index (Phi) is 2.47. The Bertz CT molecular complexity index is 604. The van der Waals surface area contributed by atoms with Gasteiger partial charge in [0.25, 0.3) is 0 Å². The normalized spacial score (nSPS) is 11.6. The van der Waals surface area contributed by atoms with Crippen molar-refractivity contribution in [1.29, 1.82) is 0 Å². The standard InChI is InChI=1S/C9H8FN3O2S/c1-13-6-11-9(12-13)7-2-4-8(5-3-7)16(10,14)15/h2-6H,1H3. The van der Waals surface area contributed by atoms with Crippen LogP contribution >= 0.6 is 0 Å². The van der Waals surface area contributed by atoms with Crippen LogP contribution in [0.15, 0.2) is 35.5 Å². The number of hydrogen-bond donors (Lipinski definition) is 0. The summed E-state index contributed by atoms with van der Waals surface area (Å²) in [5.41, 5.74) is 0.632. The number of benzene rings is 1. The highest BCUT2D eigenvalue weighted by Crippen LogP contribution is 2.18. The maximum absolute atomic E-state index is 12.6. The van der Waals surface area contributed by atoms with Crippen LogP contribution in [-0.4, -0.2) is 23.2 Å². The molecule has 0 atom stereocenters. The molecule has 84 valence electrons. The van der Waals surface area contributed by atoms with Crippen LogP contribution in [0.5, 0.6) is 0 Å². The first-order valence-corrected chi connectivity index (χ1v) is 5.76. The lowest BCUT2D eigenvalue weighted by atomic mass is 10.2. The van der Waals surface area contributed by atoms with Crippen molar-refractivity contribution in [2.24, 2.45) is 7.05 Å². The lowest BCUT2D eigenvalue weighted by molar-refractivity contribution is 0.552. The molecule has 0 aliphatic rings. The second-order valence-electron chi connectivity index (χ2n) is 3.20. The molecule has 5 nitrogen and oxygen atoms in total. The molecule has 16 heavy (non-hydrogen) atoms. The number of aromatic nitrogens is 3. The van der Waals surface area contributed by atoms with Crippen LogP contribution in [0.1, 0.15) is 0 Å². The summed E-state index contributed by atoms with van der Waals surface area (Å²) in [5.74, 6) is 0.463. The van der Waals surface area contributed by atoms with E-state index in [1.54, 1.807) is 7.05 Å². The Morgan fingerprint density at radius 2 is 1.88 bits per heavy atom. The van der Waals surface area contributed by atoms with E-state index in [1.807, 2.05) is 0 Å². The molecule has 0 fully saturated rings. The van der Waals surface area contributed by atoms with Crippen molar-refractivity contribution in [3.63, 3.8) is 0 Å². The van der Waals surface area contributed by atoms with Gasteiger partial charge in [0.2, 0.25) is 0 Å². The lowest BCUT2D eigenvalue weighted by Crippen LogP contribution is -1.92. The molecule has 0 aliphatic heterocycles. The molecule has 2 rings (SSSR count).